The highest BCUT2D eigenvalue weighted by molar-refractivity contribution is 7.88. The van der Waals surface area contributed by atoms with Crippen LogP contribution in [0.5, 0.6) is 0 Å². The van der Waals surface area contributed by atoms with Crippen LogP contribution in [-0.2, 0) is 25.3 Å². The third-order valence-electron chi connectivity index (χ3n) is 3.61. The number of nitrogens with zero attached hydrogens (tertiary/aromatic N) is 1. The molecule has 1 aromatic carbocycles. The summed E-state index contributed by atoms with van der Waals surface area (Å²) >= 11 is 5.84. The quantitative estimate of drug-likeness (QED) is 0.879. The highest BCUT2D eigenvalue weighted by Crippen LogP contribution is 2.28. The van der Waals surface area contributed by atoms with Crippen LogP contribution in [0, 0.1) is 0 Å². The lowest BCUT2D eigenvalue weighted by molar-refractivity contribution is -0.160. The maximum Gasteiger partial charge on any atom is 0.337 e. The fraction of sp³-hybridized carbons (Fsp3) is 0.462. The number of ether oxygens (including phenoxy) is 1. The molecular weight excluding hydrogens is 318 g/mol. The standard InChI is InChI=1S/C13H16ClNO5S/c1-20-13(12(16)17)5-6-15(9-13)21(18,19)8-10-3-2-4-11(14)7-10/h2-4,7H,5-6,8-9H2,1H3,(H,16,17). The van der Waals surface area contributed by atoms with Crippen LogP contribution >= 0.6 is 11.6 Å². The summed E-state index contributed by atoms with van der Waals surface area (Å²) in [6.45, 7) is -0.0508. The highest BCUT2D eigenvalue weighted by atomic mass is 35.5. The Hall–Kier alpha value is -1.15. The van der Waals surface area contributed by atoms with E-state index in [2.05, 4.69) is 0 Å². The summed E-state index contributed by atoms with van der Waals surface area (Å²) < 4.78 is 30.9. The molecule has 0 amide bonds. The summed E-state index contributed by atoms with van der Waals surface area (Å²) in [5.41, 5.74) is -0.894. The summed E-state index contributed by atoms with van der Waals surface area (Å²) in [5.74, 6) is -1.36. The molecule has 0 saturated carbocycles. The Morgan fingerprint density at radius 1 is 1.52 bits per heavy atom. The van der Waals surface area contributed by atoms with Crippen LogP contribution in [0.25, 0.3) is 0 Å². The number of methoxy groups -OCH3 is 1. The second-order valence-electron chi connectivity index (χ2n) is 4.97. The van der Waals surface area contributed by atoms with Gasteiger partial charge in [-0.05, 0) is 17.7 Å². The molecule has 0 spiro atoms. The van der Waals surface area contributed by atoms with E-state index in [9.17, 15) is 18.3 Å². The van der Waals surface area contributed by atoms with Gasteiger partial charge in [0.1, 0.15) is 0 Å². The van der Waals surface area contributed by atoms with Crippen molar-refractivity contribution in [3.63, 3.8) is 0 Å². The van der Waals surface area contributed by atoms with Crippen LogP contribution in [0.3, 0.4) is 0 Å². The highest BCUT2D eigenvalue weighted by Gasteiger charge is 2.48. The molecule has 1 aliphatic rings. The molecule has 116 valence electrons. The van der Waals surface area contributed by atoms with Gasteiger partial charge >= 0.3 is 5.97 Å². The minimum Gasteiger partial charge on any atom is -0.479 e. The van der Waals surface area contributed by atoms with Crippen molar-refractivity contribution < 1.29 is 23.1 Å². The smallest absolute Gasteiger partial charge is 0.337 e. The summed E-state index contributed by atoms with van der Waals surface area (Å²) in [5, 5.41) is 9.67. The maximum absolute atomic E-state index is 12.4. The Kier molecular flexibility index (Phi) is 4.57. The van der Waals surface area contributed by atoms with Crippen molar-refractivity contribution in [1.29, 1.82) is 0 Å². The van der Waals surface area contributed by atoms with Gasteiger partial charge in [-0.25, -0.2) is 13.2 Å². The molecule has 1 unspecified atom stereocenters. The molecule has 0 bridgehead atoms. The first kappa shape index (κ1) is 16.2. The lowest BCUT2D eigenvalue weighted by Gasteiger charge is -2.23. The molecule has 21 heavy (non-hydrogen) atoms. The van der Waals surface area contributed by atoms with Crippen LogP contribution in [0.1, 0.15) is 12.0 Å². The van der Waals surface area contributed by atoms with Crippen molar-refractivity contribution in [2.24, 2.45) is 0 Å². The van der Waals surface area contributed by atoms with Gasteiger partial charge in [0.05, 0.1) is 12.3 Å². The molecule has 1 aromatic rings. The average molecular weight is 334 g/mol. The number of hydrogen-bond acceptors (Lipinski definition) is 4. The lowest BCUT2D eigenvalue weighted by Crippen LogP contribution is -2.44. The van der Waals surface area contributed by atoms with Crippen LogP contribution in [0.15, 0.2) is 24.3 Å². The molecule has 1 N–H and O–H groups in total. The minimum absolute atomic E-state index is 0.128. The molecule has 8 heteroatoms. The SMILES string of the molecule is COC1(C(=O)O)CCN(S(=O)(=O)Cc2cccc(Cl)c2)C1. The molecular formula is C13H16ClNO5S. The molecule has 1 saturated heterocycles. The molecule has 0 aliphatic carbocycles. The van der Waals surface area contributed by atoms with E-state index in [1.807, 2.05) is 0 Å². The van der Waals surface area contributed by atoms with Gasteiger partial charge in [-0.15, -0.1) is 0 Å². The first-order valence-corrected chi connectivity index (χ1v) is 8.29. The predicted octanol–water partition coefficient (Wildman–Crippen LogP) is 1.35. The van der Waals surface area contributed by atoms with Gasteiger partial charge in [-0.3, -0.25) is 0 Å². The van der Waals surface area contributed by atoms with Gasteiger partial charge in [-0.2, -0.15) is 4.31 Å². The first-order valence-electron chi connectivity index (χ1n) is 6.30. The molecule has 1 fully saturated rings. The number of carboxylic acid groups (broad SMARTS) is 1. The first-order chi connectivity index (χ1) is 9.79. The molecule has 1 aliphatic heterocycles. The van der Waals surface area contributed by atoms with Gasteiger partial charge in [-0.1, -0.05) is 23.7 Å². The monoisotopic (exact) mass is 333 g/mol. The van der Waals surface area contributed by atoms with E-state index in [0.717, 1.165) is 4.31 Å². The topological polar surface area (TPSA) is 83.9 Å². The number of sulfonamides is 1. The molecule has 2 rings (SSSR count). The molecule has 0 aromatic heterocycles. The fourth-order valence-corrected chi connectivity index (χ4v) is 4.11. The zero-order chi connectivity index (χ0) is 15.7. The third kappa shape index (κ3) is 3.37. The predicted molar refractivity (Wildman–Crippen MR) is 77.6 cm³/mol. The minimum atomic E-state index is -3.61. The fourth-order valence-electron chi connectivity index (χ4n) is 2.34. The number of carbonyl (C=O) groups is 1. The van der Waals surface area contributed by atoms with Crippen LogP contribution in [0.4, 0.5) is 0 Å². The summed E-state index contributed by atoms with van der Waals surface area (Å²) in [6.07, 6.45) is 0.133. The maximum atomic E-state index is 12.4. The Labute approximate surface area is 128 Å². The van der Waals surface area contributed by atoms with Gasteiger partial charge < -0.3 is 9.84 Å². The Balaban J connectivity index is 2.16. The molecule has 6 nitrogen and oxygen atoms in total. The van der Waals surface area contributed by atoms with Crippen molar-refractivity contribution in [3.8, 4) is 0 Å². The van der Waals surface area contributed by atoms with E-state index in [0.29, 0.717) is 10.6 Å². The van der Waals surface area contributed by atoms with Crippen molar-refractivity contribution in [3.05, 3.63) is 34.9 Å². The average Bonchev–Trinajstić information content (AvgIpc) is 2.84. The van der Waals surface area contributed by atoms with Crippen molar-refractivity contribution in [2.75, 3.05) is 20.2 Å². The van der Waals surface area contributed by atoms with Crippen molar-refractivity contribution >= 4 is 27.6 Å². The lowest BCUT2D eigenvalue weighted by atomic mass is 10.0. The number of rotatable bonds is 5. The number of aliphatic carboxylic acids is 1. The normalized spacial score (nSPS) is 23.3. The second kappa shape index (κ2) is 5.92. The number of hydrogen-bond donors (Lipinski definition) is 1. The summed E-state index contributed by atoms with van der Waals surface area (Å²) in [6, 6.07) is 6.58. The Morgan fingerprint density at radius 2 is 2.24 bits per heavy atom. The Morgan fingerprint density at radius 3 is 2.76 bits per heavy atom. The number of benzene rings is 1. The van der Waals surface area contributed by atoms with E-state index in [4.69, 9.17) is 16.3 Å². The van der Waals surface area contributed by atoms with E-state index in [1.54, 1.807) is 24.3 Å². The number of carboxylic acids is 1. The largest absolute Gasteiger partial charge is 0.479 e. The Bertz CT molecular complexity index is 648. The molecule has 1 atom stereocenters. The third-order valence-corrected chi connectivity index (χ3v) is 5.64. The summed E-state index contributed by atoms with van der Waals surface area (Å²) in [4.78, 5) is 11.3. The van der Waals surface area contributed by atoms with Gasteiger partial charge in [0.25, 0.3) is 0 Å². The summed E-state index contributed by atoms with van der Waals surface area (Å²) in [7, 11) is -2.33. The van der Waals surface area contributed by atoms with E-state index < -0.39 is 21.6 Å². The van der Waals surface area contributed by atoms with Gasteiger partial charge in [0.2, 0.25) is 10.0 Å². The zero-order valence-electron chi connectivity index (χ0n) is 11.5. The van der Waals surface area contributed by atoms with E-state index in [1.165, 1.54) is 7.11 Å². The van der Waals surface area contributed by atoms with Crippen LogP contribution < -0.4 is 0 Å². The van der Waals surface area contributed by atoms with Crippen LogP contribution in [-0.4, -0.2) is 49.6 Å². The van der Waals surface area contributed by atoms with Crippen molar-refractivity contribution in [1.82, 2.24) is 4.31 Å². The zero-order valence-corrected chi connectivity index (χ0v) is 13.0. The molecule has 0 radical (unpaired) electrons. The van der Waals surface area contributed by atoms with E-state index >= 15 is 0 Å². The van der Waals surface area contributed by atoms with Gasteiger partial charge in [0.15, 0.2) is 5.60 Å². The second-order valence-corrected chi connectivity index (χ2v) is 7.38. The molecule has 1 heterocycles. The van der Waals surface area contributed by atoms with Crippen molar-refractivity contribution in [2.45, 2.75) is 17.8 Å². The van der Waals surface area contributed by atoms with Gasteiger partial charge in [0, 0.05) is 25.1 Å². The van der Waals surface area contributed by atoms with Crippen LogP contribution in [0.2, 0.25) is 5.02 Å². The number of halogens is 1. The van der Waals surface area contributed by atoms with E-state index in [-0.39, 0.29) is 25.3 Å².